The zero-order chi connectivity index (χ0) is 21.2. The van der Waals surface area contributed by atoms with Gasteiger partial charge < -0.3 is 4.74 Å². The van der Waals surface area contributed by atoms with Crippen LogP contribution in [-0.4, -0.2) is 36.1 Å². The van der Waals surface area contributed by atoms with Crippen molar-refractivity contribution in [1.29, 1.82) is 0 Å². The molecule has 1 N–H and O–H groups in total. The molecule has 0 atom stereocenters. The molecule has 0 aromatic heterocycles. The Morgan fingerprint density at radius 2 is 1.86 bits per heavy atom. The standard InChI is InChI=1S/C18H17N3O7S/c1-12-2-3-14(8-16(12)21(24)25)11-28-18(23)15-6-4-13(5-7-15)9-20-10-17(22)19-29(20,26)27/h2-8H,9-11H2,1H3,(H,19,22). The molecule has 1 fully saturated rings. The maximum Gasteiger partial charge on any atom is 0.338 e. The van der Waals surface area contributed by atoms with E-state index in [0.29, 0.717) is 16.7 Å². The molecule has 29 heavy (non-hydrogen) atoms. The fourth-order valence-electron chi connectivity index (χ4n) is 2.75. The first kappa shape index (κ1) is 20.4. The lowest BCUT2D eigenvalue weighted by molar-refractivity contribution is -0.385. The van der Waals surface area contributed by atoms with Gasteiger partial charge in [0.05, 0.1) is 17.0 Å². The van der Waals surface area contributed by atoms with Gasteiger partial charge in [0, 0.05) is 18.2 Å². The van der Waals surface area contributed by atoms with Gasteiger partial charge in [0.2, 0.25) is 5.91 Å². The van der Waals surface area contributed by atoms with Crippen LogP contribution >= 0.6 is 0 Å². The van der Waals surface area contributed by atoms with Crippen molar-refractivity contribution in [3.8, 4) is 0 Å². The van der Waals surface area contributed by atoms with Crippen molar-refractivity contribution >= 4 is 27.8 Å². The summed E-state index contributed by atoms with van der Waals surface area (Å²) in [6.07, 6.45) is 0. The Morgan fingerprint density at radius 1 is 1.21 bits per heavy atom. The maximum absolute atomic E-state index is 12.2. The number of hydrogen-bond acceptors (Lipinski definition) is 7. The van der Waals surface area contributed by atoms with E-state index in [1.165, 1.54) is 18.2 Å². The molecule has 3 rings (SSSR count). The van der Waals surface area contributed by atoms with Crippen LogP contribution in [0.4, 0.5) is 5.69 Å². The summed E-state index contributed by atoms with van der Waals surface area (Å²) >= 11 is 0. The molecule has 0 saturated carbocycles. The Balaban J connectivity index is 1.62. The Kier molecular flexibility index (Phi) is 5.62. The predicted octanol–water partition coefficient (Wildman–Crippen LogP) is 1.44. The number of ether oxygens (including phenoxy) is 1. The average Bonchev–Trinajstić information content (AvgIpc) is 2.92. The van der Waals surface area contributed by atoms with Gasteiger partial charge >= 0.3 is 16.2 Å². The van der Waals surface area contributed by atoms with E-state index in [4.69, 9.17) is 4.74 Å². The van der Waals surface area contributed by atoms with Gasteiger partial charge in [0.1, 0.15) is 6.61 Å². The summed E-state index contributed by atoms with van der Waals surface area (Å²) < 4.78 is 31.5. The van der Waals surface area contributed by atoms with Gasteiger partial charge in [-0.3, -0.25) is 14.9 Å². The fourth-order valence-corrected chi connectivity index (χ4v) is 3.84. The van der Waals surface area contributed by atoms with Gasteiger partial charge in [-0.2, -0.15) is 12.7 Å². The maximum atomic E-state index is 12.2. The molecule has 0 spiro atoms. The summed E-state index contributed by atoms with van der Waals surface area (Å²) in [5.74, 6) is -1.22. The number of hydrogen-bond donors (Lipinski definition) is 1. The molecular formula is C18H17N3O7S. The van der Waals surface area contributed by atoms with Crippen LogP contribution in [0.25, 0.3) is 0 Å². The average molecular weight is 419 g/mol. The molecule has 152 valence electrons. The molecule has 0 unspecified atom stereocenters. The Labute approximate surface area is 166 Å². The van der Waals surface area contributed by atoms with E-state index in [1.807, 2.05) is 4.72 Å². The van der Waals surface area contributed by atoms with Crippen LogP contribution in [0.3, 0.4) is 0 Å². The second-order valence-electron chi connectivity index (χ2n) is 6.45. The van der Waals surface area contributed by atoms with Crippen molar-refractivity contribution in [2.45, 2.75) is 20.1 Å². The van der Waals surface area contributed by atoms with Gasteiger partial charge in [-0.05, 0) is 30.2 Å². The number of nitrogens with zero attached hydrogens (tertiary/aromatic N) is 2. The Morgan fingerprint density at radius 3 is 2.45 bits per heavy atom. The van der Waals surface area contributed by atoms with Crippen LogP contribution in [0.2, 0.25) is 0 Å². The van der Waals surface area contributed by atoms with Gasteiger partial charge in [0.15, 0.2) is 0 Å². The molecular weight excluding hydrogens is 402 g/mol. The Hall–Kier alpha value is -3.31. The summed E-state index contributed by atoms with van der Waals surface area (Å²) in [4.78, 5) is 33.9. The van der Waals surface area contributed by atoms with Crippen molar-refractivity contribution in [3.63, 3.8) is 0 Å². The monoisotopic (exact) mass is 419 g/mol. The van der Waals surface area contributed by atoms with Crippen LogP contribution in [0.5, 0.6) is 0 Å². The summed E-state index contributed by atoms with van der Waals surface area (Å²) in [6, 6.07) is 10.7. The van der Waals surface area contributed by atoms with Gasteiger partial charge in [-0.15, -0.1) is 0 Å². The molecule has 1 saturated heterocycles. The molecule has 11 heteroatoms. The molecule has 0 radical (unpaired) electrons. The highest BCUT2D eigenvalue weighted by Crippen LogP contribution is 2.20. The normalized spacial score (nSPS) is 15.7. The fraction of sp³-hybridized carbons (Fsp3) is 0.222. The number of carbonyl (C=O) groups excluding carboxylic acids is 2. The van der Waals surface area contributed by atoms with E-state index in [2.05, 4.69) is 0 Å². The number of nitro benzene ring substituents is 1. The number of rotatable bonds is 6. The predicted molar refractivity (Wildman–Crippen MR) is 101 cm³/mol. The lowest BCUT2D eigenvalue weighted by Gasteiger charge is -2.12. The number of nitrogens with one attached hydrogen (secondary N) is 1. The van der Waals surface area contributed by atoms with Crippen molar-refractivity contribution in [2.75, 3.05) is 6.54 Å². The number of amides is 1. The minimum atomic E-state index is -3.82. The van der Waals surface area contributed by atoms with E-state index in [0.717, 1.165) is 4.31 Å². The number of carbonyl (C=O) groups is 2. The largest absolute Gasteiger partial charge is 0.457 e. The highest BCUT2D eigenvalue weighted by molar-refractivity contribution is 7.88. The van der Waals surface area contributed by atoms with E-state index in [-0.39, 0.29) is 30.9 Å². The first-order valence-corrected chi connectivity index (χ1v) is 9.90. The van der Waals surface area contributed by atoms with Crippen LogP contribution in [0, 0.1) is 17.0 Å². The Bertz CT molecular complexity index is 1080. The number of esters is 1. The summed E-state index contributed by atoms with van der Waals surface area (Å²) in [5, 5.41) is 11.0. The lowest BCUT2D eigenvalue weighted by Crippen LogP contribution is -2.29. The van der Waals surface area contributed by atoms with Crippen LogP contribution in [0.15, 0.2) is 42.5 Å². The lowest BCUT2D eigenvalue weighted by atomic mass is 10.1. The summed E-state index contributed by atoms with van der Waals surface area (Å²) in [6.45, 7) is 1.23. The summed E-state index contributed by atoms with van der Waals surface area (Å²) in [5.41, 5.74) is 1.79. The third-order valence-electron chi connectivity index (χ3n) is 4.29. The second-order valence-corrected chi connectivity index (χ2v) is 8.12. The molecule has 0 bridgehead atoms. The van der Waals surface area contributed by atoms with Gasteiger partial charge in [-0.1, -0.05) is 24.3 Å². The summed E-state index contributed by atoms with van der Waals surface area (Å²) in [7, 11) is -3.82. The van der Waals surface area contributed by atoms with Crippen molar-refractivity contribution in [3.05, 3.63) is 74.8 Å². The number of nitro groups is 1. The van der Waals surface area contributed by atoms with Crippen LogP contribution in [-0.2, 0) is 32.9 Å². The highest BCUT2D eigenvalue weighted by atomic mass is 32.2. The topological polar surface area (TPSA) is 136 Å². The van der Waals surface area contributed by atoms with E-state index in [9.17, 15) is 28.1 Å². The van der Waals surface area contributed by atoms with Crippen LogP contribution < -0.4 is 4.72 Å². The first-order valence-electron chi connectivity index (χ1n) is 8.46. The highest BCUT2D eigenvalue weighted by Gasteiger charge is 2.33. The molecule has 1 aliphatic rings. The van der Waals surface area contributed by atoms with Crippen LogP contribution in [0.1, 0.15) is 27.0 Å². The van der Waals surface area contributed by atoms with Crippen molar-refractivity contribution in [1.82, 2.24) is 9.03 Å². The zero-order valence-corrected chi connectivity index (χ0v) is 16.1. The number of aryl methyl sites for hydroxylation is 1. The van der Waals surface area contributed by atoms with E-state index in [1.54, 1.807) is 31.2 Å². The van der Waals surface area contributed by atoms with E-state index >= 15 is 0 Å². The molecule has 2 aromatic rings. The third-order valence-corrected chi connectivity index (χ3v) is 5.72. The van der Waals surface area contributed by atoms with Crippen molar-refractivity contribution in [2.24, 2.45) is 0 Å². The molecule has 1 amide bonds. The van der Waals surface area contributed by atoms with E-state index < -0.39 is 27.0 Å². The molecule has 1 heterocycles. The molecule has 2 aromatic carbocycles. The second kappa shape index (κ2) is 7.97. The third kappa shape index (κ3) is 4.76. The molecule has 10 nitrogen and oxygen atoms in total. The molecule has 1 aliphatic heterocycles. The first-order chi connectivity index (χ1) is 13.7. The van der Waals surface area contributed by atoms with Gasteiger partial charge in [-0.25, -0.2) is 9.52 Å². The minimum Gasteiger partial charge on any atom is -0.457 e. The quantitative estimate of drug-likeness (QED) is 0.425. The SMILES string of the molecule is Cc1ccc(COC(=O)c2ccc(CN3CC(=O)NS3(=O)=O)cc2)cc1[N+](=O)[O-]. The smallest absolute Gasteiger partial charge is 0.338 e. The van der Waals surface area contributed by atoms with Gasteiger partial charge in [0.25, 0.3) is 5.69 Å². The minimum absolute atomic E-state index is 0.0105. The molecule has 0 aliphatic carbocycles. The zero-order valence-electron chi connectivity index (χ0n) is 15.3. The number of benzene rings is 2. The van der Waals surface area contributed by atoms with Crippen molar-refractivity contribution < 1.29 is 27.7 Å².